The van der Waals surface area contributed by atoms with E-state index in [4.69, 9.17) is 0 Å². The fraction of sp³-hybridized carbons (Fsp3) is 0.556. The lowest BCUT2D eigenvalue weighted by Crippen LogP contribution is -2.39. The van der Waals surface area contributed by atoms with Gasteiger partial charge in [0, 0.05) is 19.0 Å². The highest BCUT2D eigenvalue weighted by molar-refractivity contribution is 9.10. The first-order valence-corrected chi connectivity index (χ1v) is 9.09. The van der Waals surface area contributed by atoms with Gasteiger partial charge in [0.15, 0.2) is 0 Å². The molecule has 1 aromatic rings. The summed E-state index contributed by atoms with van der Waals surface area (Å²) in [5, 5.41) is 9.63. The van der Waals surface area contributed by atoms with Crippen molar-refractivity contribution in [3.8, 4) is 0 Å². The van der Waals surface area contributed by atoms with Crippen LogP contribution in [0.3, 0.4) is 0 Å². The Morgan fingerprint density at radius 2 is 2.25 bits per heavy atom. The van der Waals surface area contributed by atoms with Gasteiger partial charge in [-0.15, -0.1) is 0 Å². The standard InChI is InChI=1S/C18H21BrFNO3/c1-11(7-12-4-5-15(20)14(19)8-12)16(22)21-9-13-3-2-6-18(13,10-21)17(23)24/h4-5,8,11,13H,2-3,6-7,9-10H2,1H3,(H,23,24)/t11?,13-,18+/m0/s1. The summed E-state index contributed by atoms with van der Waals surface area (Å²) in [6.45, 7) is 2.72. The number of halogens is 2. The molecule has 2 fully saturated rings. The molecule has 2 aliphatic rings. The van der Waals surface area contributed by atoms with Crippen LogP contribution in [-0.2, 0) is 16.0 Å². The third-order valence-corrected chi connectivity index (χ3v) is 6.16. The summed E-state index contributed by atoms with van der Waals surface area (Å²) in [6.07, 6.45) is 2.99. The van der Waals surface area contributed by atoms with Crippen molar-refractivity contribution in [1.29, 1.82) is 0 Å². The van der Waals surface area contributed by atoms with Gasteiger partial charge in [0.1, 0.15) is 5.82 Å². The number of carbonyl (C=O) groups is 2. The molecule has 1 saturated heterocycles. The smallest absolute Gasteiger partial charge is 0.311 e. The van der Waals surface area contributed by atoms with E-state index in [0.29, 0.717) is 30.4 Å². The molecule has 0 spiro atoms. The molecule has 1 aliphatic carbocycles. The molecule has 0 bridgehead atoms. The molecule has 0 aromatic heterocycles. The molecular formula is C18H21BrFNO3. The molecule has 1 N–H and O–H groups in total. The molecular weight excluding hydrogens is 377 g/mol. The Morgan fingerprint density at radius 1 is 1.50 bits per heavy atom. The Hall–Kier alpha value is -1.43. The molecule has 1 saturated carbocycles. The van der Waals surface area contributed by atoms with Crippen LogP contribution in [0.25, 0.3) is 0 Å². The molecule has 4 nitrogen and oxygen atoms in total. The highest BCUT2D eigenvalue weighted by Gasteiger charge is 2.55. The van der Waals surface area contributed by atoms with Gasteiger partial charge in [0.2, 0.25) is 5.91 Å². The molecule has 1 aliphatic heterocycles. The number of hydrogen-bond donors (Lipinski definition) is 1. The first-order valence-electron chi connectivity index (χ1n) is 8.29. The summed E-state index contributed by atoms with van der Waals surface area (Å²) >= 11 is 3.16. The van der Waals surface area contributed by atoms with Gasteiger partial charge >= 0.3 is 5.97 Å². The third kappa shape index (κ3) is 2.96. The summed E-state index contributed by atoms with van der Waals surface area (Å²) in [7, 11) is 0. The fourth-order valence-corrected chi connectivity index (χ4v) is 4.65. The van der Waals surface area contributed by atoms with E-state index in [0.717, 1.165) is 18.4 Å². The Labute approximate surface area is 149 Å². The van der Waals surface area contributed by atoms with E-state index in [-0.39, 0.29) is 23.6 Å². The van der Waals surface area contributed by atoms with Crippen molar-refractivity contribution in [2.45, 2.75) is 32.6 Å². The molecule has 1 unspecified atom stereocenters. The van der Waals surface area contributed by atoms with Gasteiger partial charge in [-0.2, -0.15) is 0 Å². The van der Waals surface area contributed by atoms with E-state index < -0.39 is 11.4 Å². The Bertz CT molecular complexity index is 680. The third-order valence-electron chi connectivity index (χ3n) is 5.56. The van der Waals surface area contributed by atoms with Crippen LogP contribution >= 0.6 is 15.9 Å². The van der Waals surface area contributed by atoms with E-state index in [1.807, 2.05) is 6.92 Å². The quantitative estimate of drug-likeness (QED) is 0.845. The second-order valence-corrected chi connectivity index (χ2v) is 7.98. The molecule has 1 amide bonds. The van der Waals surface area contributed by atoms with Crippen molar-refractivity contribution in [2.75, 3.05) is 13.1 Å². The molecule has 1 aromatic carbocycles. The zero-order valence-corrected chi connectivity index (χ0v) is 15.2. The number of benzene rings is 1. The summed E-state index contributed by atoms with van der Waals surface area (Å²) in [5.41, 5.74) is 0.144. The lowest BCUT2D eigenvalue weighted by molar-refractivity contribution is -0.149. The molecule has 0 radical (unpaired) electrons. The van der Waals surface area contributed by atoms with Crippen LogP contribution in [-0.4, -0.2) is 35.0 Å². The molecule has 130 valence electrons. The number of amides is 1. The number of carboxylic acids is 1. The average Bonchev–Trinajstić information content (AvgIpc) is 3.08. The summed E-state index contributed by atoms with van der Waals surface area (Å²) < 4.78 is 13.7. The van der Waals surface area contributed by atoms with Crippen LogP contribution in [0.1, 0.15) is 31.7 Å². The lowest BCUT2D eigenvalue weighted by Gasteiger charge is -2.25. The van der Waals surface area contributed by atoms with E-state index in [2.05, 4.69) is 15.9 Å². The van der Waals surface area contributed by atoms with Crippen molar-refractivity contribution < 1.29 is 19.1 Å². The first kappa shape index (κ1) is 17.4. The molecule has 1 heterocycles. The van der Waals surface area contributed by atoms with Gasteiger partial charge in [-0.3, -0.25) is 9.59 Å². The van der Waals surface area contributed by atoms with Gasteiger partial charge in [-0.05, 0) is 58.8 Å². The van der Waals surface area contributed by atoms with Crippen LogP contribution in [0.4, 0.5) is 4.39 Å². The zero-order valence-electron chi connectivity index (χ0n) is 13.6. The van der Waals surface area contributed by atoms with E-state index >= 15 is 0 Å². The summed E-state index contributed by atoms with van der Waals surface area (Å²) in [6, 6.07) is 4.76. The van der Waals surface area contributed by atoms with Crippen molar-refractivity contribution in [2.24, 2.45) is 17.3 Å². The van der Waals surface area contributed by atoms with E-state index in [1.54, 1.807) is 17.0 Å². The fourth-order valence-electron chi connectivity index (χ4n) is 4.23. The van der Waals surface area contributed by atoms with Crippen molar-refractivity contribution >= 4 is 27.8 Å². The Morgan fingerprint density at radius 3 is 2.88 bits per heavy atom. The van der Waals surface area contributed by atoms with Gasteiger partial charge in [0.25, 0.3) is 0 Å². The van der Waals surface area contributed by atoms with Crippen molar-refractivity contribution in [1.82, 2.24) is 4.90 Å². The maximum absolute atomic E-state index is 13.3. The van der Waals surface area contributed by atoms with Gasteiger partial charge in [-0.25, -0.2) is 4.39 Å². The highest BCUT2D eigenvalue weighted by atomic mass is 79.9. The minimum Gasteiger partial charge on any atom is -0.481 e. The number of likely N-dealkylation sites (tertiary alicyclic amines) is 1. The Kier molecular flexibility index (Phi) is 4.69. The van der Waals surface area contributed by atoms with E-state index in [1.165, 1.54) is 6.07 Å². The van der Waals surface area contributed by atoms with Crippen LogP contribution in [0.2, 0.25) is 0 Å². The maximum atomic E-state index is 13.3. The Balaban J connectivity index is 1.68. The molecule has 6 heteroatoms. The largest absolute Gasteiger partial charge is 0.481 e. The highest BCUT2D eigenvalue weighted by Crippen LogP contribution is 2.49. The molecule has 24 heavy (non-hydrogen) atoms. The van der Waals surface area contributed by atoms with Crippen molar-refractivity contribution in [3.63, 3.8) is 0 Å². The van der Waals surface area contributed by atoms with Crippen LogP contribution < -0.4 is 0 Å². The minimum atomic E-state index is -0.768. The number of fused-ring (bicyclic) bond motifs is 1. The number of carbonyl (C=O) groups excluding carboxylic acids is 1. The van der Waals surface area contributed by atoms with Gasteiger partial charge < -0.3 is 10.0 Å². The average molecular weight is 398 g/mol. The predicted molar refractivity (Wildman–Crippen MR) is 91.0 cm³/mol. The topological polar surface area (TPSA) is 57.6 Å². The van der Waals surface area contributed by atoms with Gasteiger partial charge in [0.05, 0.1) is 9.89 Å². The molecule has 3 atom stereocenters. The van der Waals surface area contributed by atoms with Crippen LogP contribution in [0.5, 0.6) is 0 Å². The van der Waals surface area contributed by atoms with Crippen LogP contribution in [0.15, 0.2) is 22.7 Å². The number of rotatable bonds is 4. The van der Waals surface area contributed by atoms with Crippen LogP contribution in [0, 0.1) is 23.1 Å². The SMILES string of the molecule is CC(Cc1ccc(F)c(Br)c1)C(=O)N1C[C@@H]2CCC[C@@]2(C(=O)O)C1. The lowest BCUT2D eigenvalue weighted by atomic mass is 9.81. The number of nitrogens with zero attached hydrogens (tertiary/aromatic N) is 1. The number of carboxylic acid groups (broad SMARTS) is 1. The zero-order chi connectivity index (χ0) is 17.5. The van der Waals surface area contributed by atoms with Crippen molar-refractivity contribution in [3.05, 3.63) is 34.1 Å². The predicted octanol–water partition coefficient (Wildman–Crippen LogP) is 3.48. The second kappa shape index (κ2) is 6.47. The summed E-state index contributed by atoms with van der Waals surface area (Å²) in [4.78, 5) is 26.2. The maximum Gasteiger partial charge on any atom is 0.311 e. The molecule has 3 rings (SSSR count). The summed E-state index contributed by atoms with van der Waals surface area (Å²) in [5.74, 6) is -1.28. The number of hydrogen-bond acceptors (Lipinski definition) is 2. The minimum absolute atomic E-state index is 0.00882. The van der Waals surface area contributed by atoms with Gasteiger partial charge in [-0.1, -0.05) is 19.4 Å². The normalized spacial score (nSPS) is 27.1. The van der Waals surface area contributed by atoms with E-state index in [9.17, 15) is 19.1 Å². The number of aliphatic carboxylic acids is 1. The second-order valence-electron chi connectivity index (χ2n) is 7.12. The first-order chi connectivity index (χ1) is 11.3. The monoisotopic (exact) mass is 397 g/mol.